The fraction of sp³-hybridized carbons (Fsp3) is 0.548. The number of hydrogen-bond donors (Lipinski definition) is 2. The maximum absolute atomic E-state index is 14.5. The molecule has 1 heterocycles. The minimum absolute atomic E-state index is 0.175. The van der Waals surface area contributed by atoms with Crippen LogP contribution in [0.4, 0.5) is 4.79 Å². The molecule has 1 saturated heterocycles. The van der Waals surface area contributed by atoms with Gasteiger partial charge in [-0.1, -0.05) is 88.0 Å². The van der Waals surface area contributed by atoms with Crippen LogP contribution in [0.1, 0.15) is 82.8 Å². The van der Waals surface area contributed by atoms with E-state index in [0.717, 1.165) is 24.8 Å². The second kappa shape index (κ2) is 12.2. The SMILES string of the molecule is CC(C)(C)C1C(OC(N)=O)CCCN1C(=O)C(c1ccc(OCc2ccccc2)c(Cl)c1)C1(O)CCCCC1. The number of hydrogen-bond acceptors (Lipinski definition) is 5. The van der Waals surface area contributed by atoms with Crippen LogP contribution in [0.2, 0.25) is 5.02 Å². The van der Waals surface area contributed by atoms with Gasteiger partial charge in [0.05, 0.1) is 22.6 Å². The molecule has 0 radical (unpaired) electrons. The lowest BCUT2D eigenvalue weighted by Gasteiger charge is -2.50. The molecule has 1 aliphatic carbocycles. The Balaban J connectivity index is 1.67. The first kappa shape index (κ1) is 29.2. The van der Waals surface area contributed by atoms with E-state index in [-0.39, 0.29) is 17.4 Å². The second-order valence-electron chi connectivity index (χ2n) is 12.0. The molecule has 8 heteroatoms. The van der Waals surface area contributed by atoms with Gasteiger partial charge in [-0.25, -0.2) is 4.79 Å². The van der Waals surface area contributed by atoms with Crippen LogP contribution in [-0.4, -0.2) is 46.3 Å². The highest BCUT2D eigenvalue weighted by Crippen LogP contribution is 2.45. The van der Waals surface area contributed by atoms with Crippen molar-refractivity contribution >= 4 is 23.6 Å². The zero-order valence-electron chi connectivity index (χ0n) is 23.2. The number of carbonyl (C=O) groups is 2. The summed E-state index contributed by atoms with van der Waals surface area (Å²) in [5, 5.41) is 12.4. The van der Waals surface area contributed by atoms with Gasteiger partial charge in [0.2, 0.25) is 5.91 Å². The average molecular weight is 557 g/mol. The molecular formula is C31H41ClN2O5. The Morgan fingerprint density at radius 3 is 2.41 bits per heavy atom. The third-order valence-corrected chi connectivity index (χ3v) is 8.34. The number of nitrogens with zero attached hydrogens (tertiary/aromatic N) is 1. The maximum Gasteiger partial charge on any atom is 0.404 e. The van der Waals surface area contributed by atoms with Gasteiger partial charge in [-0.05, 0) is 54.4 Å². The number of nitrogens with two attached hydrogens (primary N) is 1. The minimum atomic E-state index is -1.20. The van der Waals surface area contributed by atoms with Gasteiger partial charge in [-0.15, -0.1) is 0 Å². The van der Waals surface area contributed by atoms with Gasteiger partial charge >= 0.3 is 6.09 Å². The first-order valence-electron chi connectivity index (χ1n) is 13.9. The maximum atomic E-state index is 14.5. The first-order valence-corrected chi connectivity index (χ1v) is 14.3. The Labute approximate surface area is 236 Å². The fourth-order valence-corrected chi connectivity index (χ4v) is 6.60. The summed E-state index contributed by atoms with van der Waals surface area (Å²) in [6, 6.07) is 14.8. The van der Waals surface area contributed by atoms with Crippen molar-refractivity contribution in [2.75, 3.05) is 6.54 Å². The van der Waals surface area contributed by atoms with E-state index < -0.39 is 23.7 Å². The average Bonchev–Trinajstić information content (AvgIpc) is 2.88. The third-order valence-electron chi connectivity index (χ3n) is 8.04. The van der Waals surface area contributed by atoms with Crippen molar-refractivity contribution in [2.45, 2.75) is 96.0 Å². The van der Waals surface area contributed by atoms with Crippen molar-refractivity contribution in [3.63, 3.8) is 0 Å². The normalized spacial score (nSPS) is 22.1. The van der Waals surface area contributed by atoms with E-state index in [2.05, 4.69) is 0 Å². The van der Waals surface area contributed by atoms with Gasteiger partial charge < -0.3 is 25.2 Å². The van der Waals surface area contributed by atoms with Gasteiger partial charge in [0, 0.05) is 6.54 Å². The number of aliphatic hydroxyl groups is 1. The Morgan fingerprint density at radius 1 is 1.10 bits per heavy atom. The molecule has 1 aliphatic heterocycles. The molecular weight excluding hydrogens is 516 g/mol. The van der Waals surface area contributed by atoms with Crippen LogP contribution in [-0.2, 0) is 16.1 Å². The summed E-state index contributed by atoms with van der Waals surface area (Å²) in [4.78, 5) is 28.0. The number of primary amides is 1. The summed E-state index contributed by atoms with van der Waals surface area (Å²) in [5.74, 6) is -0.465. The van der Waals surface area contributed by atoms with Crippen LogP contribution in [0.3, 0.4) is 0 Å². The predicted octanol–water partition coefficient (Wildman–Crippen LogP) is 6.20. The molecule has 2 amide bonds. The Morgan fingerprint density at radius 2 is 1.79 bits per heavy atom. The lowest BCUT2D eigenvalue weighted by molar-refractivity contribution is -0.154. The smallest absolute Gasteiger partial charge is 0.404 e. The topological polar surface area (TPSA) is 102 Å². The molecule has 3 unspecified atom stereocenters. The number of carbonyl (C=O) groups excluding carboxylic acids is 2. The van der Waals surface area contributed by atoms with Crippen molar-refractivity contribution in [1.29, 1.82) is 0 Å². The van der Waals surface area contributed by atoms with Crippen molar-refractivity contribution < 1.29 is 24.2 Å². The highest BCUT2D eigenvalue weighted by atomic mass is 35.5. The summed E-state index contributed by atoms with van der Waals surface area (Å²) >= 11 is 6.69. The number of piperidine rings is 1. The zero-order chi connectivity index (χ0) is 28.2. The molecule has 212 valence electrons. The molecule has 3 atom stereocenters. The molecule has 3 N–H and O–H groups in total. The van der Waals surface area contributed by atoms with Crippen molar-refractivity contribution in [2.24, 2.45) is 11.1 Å². The molecule has 2 aliphatic rings. The Kier molecular flexibility index (Phi) is 9.12. The molecule has 7 nitrogen and oxygen atoms in total. The summed E-state index contributed by atoms with van der Waals surface area (Å²) < 4.78 is 11.5. The lowest BCUT2D eigenvalue weighted by Crippen LogP contribution is -2.61. The van der Waals surface area contributed by atoms with Crippen LogP contribution < -0.4 is 10.5 Å². The molecule has 2 aromatic carbocycles. The second-order valence-corrected chi connectivity index (χ2v) is 12.4. The van der Waals surface area contributed by atoms with Gasteiger partial charge in [-0.2, -0.15) is 0 Å². The molecule has 0 aromatic heterocycles. The van der Waals surface area contributed by atoms with Crippen molar-refractivity contribution in [3.05, 3.63) is 64.7 Å². The van der Waals surface area contributed by atoms with Crippen LogP contribution in [0.5, 0.6) is 5.75 Å². The quantitative estimate of drug-likeness (QED) is 0.423. The van der Waals surface area contributed by atoms with E-state index in [1.165, 1.54) is 0 Å². The molecule has 0 bridgehead atoms. The summed E-state index contributed by atoms with van der Waals surface area (Å²) in [6.45, 7) is 6.97. The standard InChI is InChI=1S/C31H41ClN2O5/c1-30(2,3)27-25(39-29(33)36)13-10-18-34(27)28(35)26(31(37)16-8-5-9-17-31)22-14-15-24(23(32)19-22)38-20-21-11-6-4-7-12-21/h4,6-7,11-12,14-15,19,25-27,37H,5,8-10,13,16-18,20H2,1-3H3,(H2,33,36). The number of likely N-dealkylation sites (tertiary alicyclic amines) is 1. The first-order chi connectivity index (χ1) is 18.5. The Hall–Kier alpha value is -2.77. The number of halogens is 1. The van der Waals surface area contributed by atoms with Gasteiger partial charge in [0.25, 0.3) is 0 Å². The highest BCUT2D eigenvalue weighted by molar-refractivity contribution is 6.32. The van der Waals surface area contributed by atoms with Crippen molar-refractivity contribution in [1.82, 2.24) is 4.90 Å². The molecule has 2 aromatic rings. The van der Waals surface area contributed by atoms with Crippen LogP contribution >= 0.6 is 11.6 Å². The Bertz CT molecular complexity index is 1140. The van der Waals surface area contributed by atoms with E-state index in [1.807, 2.05) is 62.1 Å². The van der Waals surface area contributed by atoms with E-state index in [4.69, 9.17) is 26.8 Å². The highest BCUT2D eigenvalue weighted by Gasteiger charge is 2.50. The van der Waals surface area contributed by atoms with Crippen LogP contribution in [0.15, 0.2) is 48.5 Å². The molecule has 39 heavy (non-hydrogen) atoms. The molecule has 0 spiro atoms. The van der Waals surface area contributed by atoms with E-state index in [9.17, 15) is 14.7 Å². The van der Waals surface area contributed by atoms with Gasteiger partial charge in [-0.3, -0.25) is 4.79 Å². The summed E-state index contributed by atoms with van der Waals surface area (Å²) in [5.41, 5.74) is 5.49. The monoisotopic (exact) mass is 556 g/mol. The summed E-state index contributed by atoms with van der Waals surface area (Å²) in [7, 11) is 0. The van der Waals surface area contributed by atoms with E-state index in [1.54, 1.807) is 12.1 Å². The largest absolute Gasteiger partial charge is 0.487 e. The molecule has 1 saturated carbocycles. The van der Waals surface area contributed by atoms with Gasteiger partial charge in [0.15, 0.2) is 0 Å². The fourth-order valence-electron chi connectivity index (χ4n) is 6.36. The van der Waals surface area contributed by atoms with E-state index in [0.29, 0.717) is 55.2 Å². The third kappa shape index (κ3) is 6.87. The van der Waals surface area contributed by atoms with Crippen LogP contribution in [0, 0.1) is 5.41 Å². The number of benzene rings is 2. The predicted molar refractivity (Wildman–Crippen MR) is 152 cm³/mol. The minimum Gasteiger partial charge on any atom is -0.487 e. The molecule has 4 rings (SSSR count). The van der Waals surface area contributed by atoms with E-state index >= 15 is 0 Å². The van der Waals surface area contributed by atoms with Crippen LogP contribution in [0.25, 0.3) is 0 Å². The number of ether oxygens (including phenoxy) is 2. The van der Waals surface area contributed by atoms with Gasteiger partial charge in [0.1, 0.15) is 18.5 Å². The summed E-state index contributed by atoms with van der Waals surface area (Å²) in [6.07, 6.45) is 3.73. The zero-order valence-corrected chi connectivity index (χ0v) is 24.0. The molecule has 2 fully saturated rings. The number of amides is 2. The van der Waals surface area contributed by atoms with Crippen molar-refractivity contribution in [3.8, 4) is 5.75 Å². The lowest BCUT2D eigenvalue weighted by atomic mass is 9.71. The number of rotatable bonds is 7.